The normalized spacial score (nSPS) is 14.0. The Hall–Kier alpha value is -2.57. The minimum Gasteiger partial charge on any atom is -0.489 e. The molecule has 1 amide bonds. The Morgan fingerprint density at radius 3 is 2.50 bits per heavy atom. The third-order valence-electron chi connectivity index (χ3n) is 5.29. The molecule has 2 aromatic carbocycles. The monoisotopic (exact) mass is 472 g/mol. The summed E-state index contributed by atoms with van der Waals surface area (Å²) in [6.45, 7) is 1.94. The quantitative estimate of drug-likeness (QED) is 0.452. The number of hydrogen-bond acceptors (Lipinski definition) is 4. The van der Waals surface area contributed by atoms with E-state index in [2.05, 4.69) is 17.1 Å². The predicted molar refractivity (Wildman–Crippen MR) is 128 cm³/mol. The molecule has 4 rings (SSSR count). The van der Waals surface area contributed by atoms with Gasteiger partial charge < -0.3 is 9.64 Å². The SMILES string of the molecule is Cl.O=C(Cc1cccnc1)N1CCC(Sc2ccc(OCc3cccc(F)c3)cc2)CC1. The van der Waals surface area contributed by atoms with Crippen LogP contribution in [0, 0.1) is 5.82 Å². The van der Waals surface area contributed by atoms with Crippen LogP contribution in [-0.4, -0.2) is 34.1 Å². The molecule has 1 aromatic heterocycles. The Morgan fingerprint density at radius 1 is 1.06 bits per heavy atom. The lowest BCUT2D eigenvalue weighted by Crippen LogP contribution is -2.40. The highest BCUT2D eigenvalue weighted by atomic mass is 35.5. The van der Waals surface area contributed by atoms with E-state index >= 15 is 0 Å². The van der Waals surface area contributed by atoms with Gasteiger partial charge in [-0.2, -0.15) is 0 Å². The van der Waals surface area contributed by atoms with Crippen molar-refractivity contribution in [2.24, 2.45) is 0 Å². The summed E-state index contributed by atoms with van der Waals surface area (Å²) < 4.78 is 19.0. The van der Waals surface area contributed by atoms with Crippen molar-refractivity contribution in [1.82, 2.24) is 9.88 Å². The third kappa shape index (κ3) is 6.97. The number of rotatable bonds is 7. The van der Waals surface area contributed by atoms with E-state index in [1.165, 1.54) is 17.0 Å². The van der Waals surface area contributed by atoms with Crippen molar-refractivity contribution in [3.8, 4) is 5.75 Å². The van der Waals surface area contributed by atoms with Gasteiger partial charge in [0.1, 0.15) is 18.2 Å². The van der Waals surface area contributed by atoms with Crippen molar-refractivity contribution < 1.29 is 13.9 Å². The van der Waals surface area contributed by atoms with Crippen LogP contribution in [0.1, 0.15) is 24.0 Å². The van der Waals surface area contributed by atoms with Gasteiger partial charge in [0.2, 0.25) is 5.91 Å². The lowest BCUT2D eigenvalue weighted by molar-refractivity contribution is -0.131. The van der Waals surface area contributed by atoms with Gasteiger partial charge >= 0.3 is 0 Å². The number of aromatic nitrogens is 1. The van der Waals surface area contributed by atoms with Crippen LogP contribution in [0.5, 0.6) is 5.75 Å². The highest BCUT2D eigenvalue weighted by Crippen LogP contribution is 2.31. The Morgan fingerprint density at radius 2 is 1.81 bits per heavy atom. The first-order valence-electron chi connectivity index (χ1n) is 10.5. The van der Waals surface area contributed by atoms with E-state index in [0.29, 0.717) is 18.3 Å². The number of pyridine rings is 1. The van der Waals surface area contributed by atoms with E-state index in [4.69, 9.17) is 4.74 Å². The van der Waals surface area contributed by atoms with Gasteiger partial charge in [-0.25, -0.2) is 4.39 Å². The Bertz CT molecular complexity index is 996. The lowest BCUT2D eigenvalue weighted by atomic mass is 10.1. The molecule has 0 atom stereocenters. The van der Waals surface area contributed by atoms with Crippen LogP contribution in [0.2, 0.25) is 0 Å². The van der Waals surface area contributed by atoms with Crippen LogP contribution in [0.4, 0.5) is 4.39 Å². The Labute approximate surface area is 198 Å². The van der Waals surface area contributed by atoms with Gasteiger partial charge in [-0.05, 0) is 66.4 Å². The van der Waals surface area contributed by atoms with Gasteiger partial charge in [-0.3, -0.25) is 9.78 Å². The van der Waals surface area contributed by atoms with Gasteiger partial charge in [-0.1, -0.05) is 18.2 Å². The highest BCUT2D eigenvalue weighted by molar-refractivity contribution is 8.00. The van der Waals surface area contributed by atoms with Crippen molar-refractivity contribution in [3.05, 3.63) is 90.0 Å². The standard InChI is InChI=1S/C25H25FN2O2S.ClH/c26-21-5-1-3-20(15-21)18-30-22-6-8-23(9-7-22)31-24-10-13-28(14-11-24)25(29)16-19-4-2-12-27-17-19;/h1-9,12,15,17,24H,10-11,13-14,16,18H2;1H. The number of nitrogens with zero attached hydrogens (tertiary/aromatic N) is 2. The maximum atomic E-state index is 13.3. The number of carbonyl (C=O) groups is 1. The molecule has 0 N–H and O–H groups in total. The van der Waals surface area contributed by atoms with E-state index in [9.17, 15) is 9.18 Å². The maximum absolute atomic E-state index is 13.3. The summed E-state index contributed by atoms with van der Waals surface area (Å²) in [6.07, 6.45) is 5.87. The van der Waals surface area contributed by atoms with Crippen LogP contribution in [0.25, 0.3) is 0 Å². The molecule has 3 aromatic rings. The van der Waals surface area contributed by atoms with Crippen molar-refractivity contribution in [3.63, 3.8) is 0 Å². The number of thioether (sulfide) groups is 1. The minimum atomic E-state index is -0.252. The maximum Gasteiger partial charge on any atom is 0.227 e. The van der Waals surface area contributed by atoms with Gasteiger partial charge in [0.05, 0.1) is 6.42 Å². The largest absolute Gasteiger partial charge is 0.489 e. The molecule has 1 aliphatic rings. The number of amides is 1. The van der Waals surface area contributed by atoms with Gasteiger partial charge in [0.25, 0.3) is 0 Å². The number of carbonyl (C=O) groups excluding carboxylic acids is 1. The third-order valence-corrected chi connectivity index (χ3v) is 6.64. The Balaban J connectivity index is 0.00000289. The van der Waals surface area contributed by atoms with Crippen LogP contribution >= 0.6 is 24.2 Å². The van der Waals surface area contributed by atoms with E-state index in [1.54, 1.807) is 18.5 Å². The number of piperidine rings is 1. The molecule has 1 fully saturated rings. The summed E-state index contributed by atoms with van der Waals surface area (Å²) in [7, 11) is 0. The zero-order valence-electron chi connectivity index (χ0n) is 17.7. The summed E-state index contributed by atoms with van der Waals surface area (Å²) in [5, 5.41) is 0.501. The molecule has 1 saturated heterocycles. The van der Waals surface area contributed by atoms with Crippen molar-refractivity contribution >= 4 is 30.1 Å². The summed E-state index contributed by atoms with van der Waals surface area (Å²) in [6, 6.07) is 18.3. The second-order valence-electron chi connectivity index (χ2n) is 7.63. The summed E-state index contributed by atoms with van der Waals surface area (Å²) in [5.41, 5.74) is 1.77. The van der Waals surface area contributed by atoms with Crippen LogP contribution in [0.15, 0.2) is 78.0 Å². The zero-order chi connectivity index (χ0) is 21.5. The summed E-state index contributed by atoms with van der Waals surface area (Å²) in [4.78, 5) is 19.7. The zero-order valence-corrected chi connectivity index (χ0v) is 19.3. The fourth-order valence-corrected chi connectivity index (χ4v) is 4.74. The number of halogens is 2. The smallest absolute Gasteiger partial charge is 0.227 e. The minimum absolute atomic E-state index is 0. The number of hydrogen-bond donors (Lipinski definition) is 0. The molecule has 0 spiro atoms. The number of ether oxygens (including phenoxy) is 1. The molecule has 0 unspecified atom stereocenters. The van der Waals surface area contributed by atoms with E-state index in [0.717, 1.165) is 42.8 Å². The van der Waals surface area contributed by atoms with Crippen molar-refractivity contribution in [2.45, 2.75) is 36.0 Å². The highest BCUT2D eigenvalue weighted by Gasteiger charge is 2.23. The molecule has 1 aliphatic heterocycles. The summed E-state index contributed by atoms with van der Waals surface area (Å²) >= 11 is 1.85. The van der Waals surface area contributed by atoms with Crippen LogP contribution in [0.3, 0.4) is 0 Å². The first-order valence-corrected chi connectivity index (χ1v) is 11.3. The van der Waals surface area contributed by atoms with Crippen molar-refractivity contribution in [1.29, 1.82) is 0 Å². The van der Waals surface area contributed by atoms with E-state index < -0.39 is 0 Å². The fourth-order valence-electron chi connectivity index (χ4n) is 3.61. The van der Waals surface area contributed by atoms with Gasteiger partial charge in [-0.15, -0.1) is 24.2 Å². The molecule has 0 bridgehead atoms. The molecule has 0 aliphatic carbocycles. The molecule has 0 saturated carbocycles. The molecule has 168 valence electrons. The second-order valence-corrected chi connectivity index (χ2v) is 9.00. The number of benzene rings is 2. The molecule has 0 radical (unpaired) electrons. The molecule has 32 heavy (non-hydrogen) atoms. The topological polar surface area (TPSA) is 42.4 Å². The summed E-state index contributed by atoms with van der Waals surface area (Å²) in [5.74, 6) is 0.693. The average Bonchev–Trinajstić information content (AvgIpc) is 2.80. The second kappa shape index (κ2) is 11.9. The number of likely N-dealkylation sites (tertiary alicyclic amines) is 1. The average molecular weight is 473 g/mol. The molecular weight excluding hydrogens is 447 g/mol. The lowest BCUT2D eigenvalue weighted by Gasteiger charge is -2.31. The van der Waals surface area contributed by atoms with Crippen molar-refractivity contribution in [2.75, 3.05) is 13.1 Å². The molecule has 2 heterocycles. The Kier molecular flexibility index (Phi) is 8.94. The first-order chi connectivity index (χ1) is 15.2. The predicted octanol–water partition coefficient (Wildman–Crippen LogP) is 5.55. The van der Waals surface area contributed by atoms with E-state index in [1.807, 2.05) is 47.0 Å². The molecule has 7 heteroatoms. The van der Waals surface area contributed by atoms with Crippen LogP contribution < -0.4 is 4.74 Å². The molecular formula is C25H26ClFN2O2S. The van der Waals surface area contributed by atoms with Crippen LogP contribution in [-0.2, 0) is 17.8 Å². The van der Waals surface area contributed by atoms with Gasteiger partial charge in [0, 0.05) is 35.6 Å². The fraction of sp³-hybridized carbons (Fsp3) is 0.280. The first kappa shape index (κ1) is 24.1. The van der Waals surface area contributed by atoms with Gasteiger partial charge in [0.15, 0.2) is 0 Å². The molecule has 4 nitrogen and oxygen atoms in total. The van der Waals surface area contributed by atoms with E-state index in [-0.39, 0.29) is 24.1 Å².